The van der Waals surface area contributed by atoms with Crippen molar-refractivity contribution in [1.29, 1.82) is 5.26 Å². The highest BCUT2D eigenvalue weighted by molar-refractivity contribution is 9.09. The first-order valence-electron chi connectivity index (χ1n) is 4.79. The summed E-state index contributed by atoms with van der Waals surface area (Å²) in [5, 5.41) is 10.00. The van der Waals surface area contributed by atoms with Crippen LogP contribution < -0.4 is 0 Å². The molecule has 0 bridgehead atoms. The minimum atomic E-state index is -0.0912. The van der Waals surface area contributed by atoms with Crippen molar-refractivity contribution in [2.24, 2.45) is 11.3 Å². The van der Waals surface area contributed by atoms with E-state index in [1.165, 1.54) is 0 Å². The standard InChI is InChI=1S/C10H17BrN2/c1-9(5-11)6-13-4-3-10(2,7-12)8-13/h9H,3-6,8H2,1-2H3. The van der Waals surface area contributed by atoms with E-state index in [1.807, 2.05) is 0 Å². The molecule has 1 heterocycles. The molecule has 1 aliphatic rings. The Labute approximate surface area is 89.0 Å². The molecule has 1 saturated heterocycles. The van der Waals surface area contributed by atoms with Crippen LogP contribution in [0.15, 0.2) is 0 Å². The molecule has 13 heavy (non-hydrogen) atoms. The molecule has 1 fully saturated rings. The Kier molecular flexibility index (Phi) is 3.75. The van der Waals surface area contributed by atoms with Crippen molar-refractivity contribution in [2.45, 2.75) is 20.3 Å². The molecular formula is C10H17BrN2. The second-order valence-corrected chi connectivity index (χ2v) is 5.06. The molecule has 0 spiro atoms. The summed E-state index contributed by atoms with van der Waals surface area (Å²) in [7, 11) is 0. The molecule has 1 rings (SSSR count). The second kappa shape index (κ2) is 4.43. The summed E-state index contributed by atoms with van der Waals surface area (Å²) in [6.45, 7) is 7.44. The Morgan fingerprint density at radius 2 is 2.38 bits per heavy atom. The summed E-state index contributed by atoms with van der Waals surface area (Å²) in [5.41, 5.74) is -0.0912. The maximum absolute atomic E-state index is 8.95. The van der Waals surface area contributed by atoms with Crippen molar-refractivity contribution in [3.63, 3.8) is 0 Å². The van der Waals surface area contributed by atoms with Gasteiger partial charge in [0.2, 0.25) is 0 Å². The maximum atomic E-state index is 8.95. The summed E-state index contributed by atoms with van der Waals surface area (Å²) in [6, 6.07) is 2.41. The summed E-state index contributed by atoms with van der Waals surface area (Å²) in [6.07, 6.45) is 1.03. The molecule has 0 saturated carbocycles. The smallest absolute Gasteiger partial charge is 0.0700 e. The third kappa shape index (κ3) is 2.96. The molecule has 2 unspecified atom stereocenters. The van der Waals surface area contributed by atoms with Crippen LogP contribution in [0.5, 0.6) is 0 Å². The van der Waals surface area contributed by atoms with E-state index in [2.05, 4.69) is 40.7 Å². The van der Waals surface area contributed by atoms with E-state index in [-0.39, 0.29) is 5.41 Å². The SMILES string of the molecule is CC(CBr)CN1CCC(C)(C#N)C1. The molecule has 0 aromatic carbocycles. The van der Waals surface area contributed by atoms with Crippen molar-refractivity contribution in [3.05, 3.63) is 0 Å². The zero-order valence-corrected chi connectivity index (χ0v) is 9.97. The van der Waals surface area contributed by atoms with E-state index in [1.54, 1.807) is 0 Å². The van der Waals surface area contributed by atoms with Gasteiger partial charge in [0.25, 0.3) is 0 Å². The molecule has 0 aliphatic carbocycles. The number of hydrogen-bond acceptors (Lipinski definition) is 2. The third-order valence-electron chi connectivity index (χ3n) is 2.66. The van der Waals surface area contributed by atoms with E-state index in [4.69, 9.17) is 5.26 Å². The Bertz CT molecular complexity index is 211. The average Bonchev–Trinajstić information content (AvgIpc) is 2.48. The largest absolute Gasteiger partial charge is 0.301 e. The fourth-order valence-electron chi connectivity index (χ4n) is 1.79. The highest BCUT2D eigenvalue weighted by Crippen LogP contribution is 2.29. The minimum absolute atomic E-state index is 0.0912. The van der Waals surface area contributed by atoms with Gasteiger partial charge in [0, 0.05) is 18.4 Å². The summed E-state index contributed by atoms with van der Waals surface area (Å²) >= 11 is 3.48. The number of halogens is 1. The van der Waals surface area contributed by atoms with Crippen LogP contribution in [0.4, 0.5) is 0 Å². The van der Waals surface area contributed by atoms with Crippen LogP contribution in [0.2, 0.25) is 0 Å². The van der Waals surface area contributed by atoms with Gasteiger partial charge in [-0.2, -0.15) is 5.26 Å². The Morgan fingerprint density at radius 3 is 2.85 bits per heavy atom. The van der Waals surface area contributed by atoms with Crippen molar-refractivity contribution in [2.75, 3.05) is 25.0 Å². The predicted octanol–water partition coefficient (Wildman–Crippen LogP) is 2.25. The van der Waals surface area contributed by atoms with Gasteiger partial charge in [-0.05, 0) is 25.8 Å². The van der Waals surface area contributed by atoms with Crippen LogP contribution in [0.3, 0.4) is 0 Å². The molecule has 74 valence electrons. The molecule has 0 N–H and O–H groups in total. The fraction of sp³-hybridized carbons (Fsp3) is 0.900. The van der Waals surface area contributed by atoms with E-state index in [0.717, 1.165) is 31.4 Å². The summed E-state index contributed by atoms with van der Waals surface area (Å²) in [5.74, 6) is 0.682. The molecule has 0 radical (unpaired) electrons. The number of rotatable bonds is 3. The lowest BCUT2D eigenvalue weighted by molar-refractivity contribution is 0.279. The van der Waals surface area contributed by atoms with Crippen LogP contribution in [0, 0.1) is 22.7 Å². The molecule has 0 aromatic rings. The first-order chi connectivity index (χ1) is 6.09. The Hall–Kier alpha value is -0.0700. The maximum Gasteiger partial charge on any atom is 0.0700 e. The minimum Gasteiger partial charge on any atom is -0.301 e. The summed E-state index contributed by atoms with van der Waals surface area (Å²) < 4.78 is 0. The second-order valence-electron chi connectivity index (χ2n) is 4.42. The van der Waals surface area contributed by atoms with Crippen LogP contribution in [0.25, 0.3) is 0 Å². The Balaban J connectivity index is 2.38. The molecule has 0 aromatic heterocycles. The van der Waals surface area contributed by atoms with Gasteiger partial charge >= 0.3 is 0 Å². The molecule has 1 aliphatic heterocycles. The van der Waals surface area contributed by atoms with E-state index in [9.17, 15) is 0 Å². The van der Waals surface area contributed by atoms with Crippen LogP contribution in [-0.4, -0.2) is 29.9 Å². The number of likely N-dealkylation sites (tertiary alicyclic amines) is 1. The highest BCUT2D eigenvalue weighted by atomic mass is 79.9. The van der Waals surface area contributed by atoms with Crippen LogP contribution in [-0.2, 0) is 0 Å². The van der Waals surface area contributed by atoms with Gasteiger partial charge < -0.3 is 4.90 Å². The lowest BCUT2D eigenvalue weighted by Gasteiger charge is -2.20. The summed E-state index contributed by atoms with van der Waals surface area (Å²) in [4.78, 5) is 2.40. The molecule has 2 nitrogen and oxygen atoms in total. The quantitative estimate of drug-likeness (QED) is 0.713. The molecule has 0 amide bonds. The van der Waals surface area contributed by atoms with Crippen molar-refractivity contribution in [3.8, 4) is 6.07 Å². The normalized spacial score (nSPS) is 31.5. The van der Waals surface area contributed by atoms with Gasteiger partial charge in [0.1, 0.15) is 0 Å². The first-order valence-corrected chi connectivity index (χ1v) is 5.91. The van der Waals surface area contributed by atoms with E-state index in [0.29, 0.717) is 5.92 Å². The van der Waals surface area contributed by atoms with Crippen molar-refractivity contribution < 1.29 is 0 Å². The lowest BCUT2D eigenvalue weighted by Crippen LogP contribution is -2.29. The third-order valence-corrected chi connectivity index (χ3v) is 3.76. The van der Waals surface area contributed by atoms with Gasteiger partial charge in [-0.3, -0.25) is 0 Å². The fourth-order valence-corrected chi connectivity index (χ4v) is 2.00. The zero-order chi connectivity index (χ0) is 9.90. The molecule has 3 heteroatoms. The first kappa shape index (κ1) is 11.0. The lowest BCUT2D eigenvalue weighted by atomic mass is 9.92. The van der Waals surface area contributed by atoms with Gasteiger partial charge in [-0.25, -0.2) is 0 Å². The number of hydrogen-bond donors (Lipinski definition) is 0. The number of nitriles is 1. The topological polar surface area (TPSA) is 27.0 Å². The van der Waals surface area contributed by atoms with Crippen molar-refractivity contribution in [1.82, 2.24) is 4.90 Å². The Morgan fingerprint density at radius 1 is 1.69 bits per heavy atom. The number of nitrogens with zero attached hydrogens (tertiary/aromatic N) is 2. The molecular weight excluding hydrogens is 228 g/mol. The average molecular weight is 245 g/mol. The van der Waals surface area contributed by atoms with E-state index >= 15 is 0 Å². The predicted molar refractivity (Wildman–Crippen MR) is 57.7 cm³/mol. The van der Waals surface area contributed by atoms with Gasteiger partial charge in [-0.15, -0.1) is 0 Å². The van der Waals surface area contributed by atoms with E-state index < -0.39 is 0 Å². The molecule has 2 atom stereocenters. The highest BCUT2D eigenvalue weighted by Gasteiger charge is 2.33. The van der Waals surface area contributed by atoms with Crippen LogP contribution in [0.1, 0.15) is 20.3 Å². The number of alkyl halides is 1. The van der Waals surface area contributed by atoms with Crippen molar-refractivity contribution >= 4 is 15.9 Å². The van der Waals surface area contributed by atoms with Crippen LogP contribution >= 0.6 is 15.9 Å². The van der Waals surface area contributed by atoms with Gasteiger partial charge in [-0.1, -0.05) is 22.9 Å². The monoisotopic (exact) mass is 244 g/mol. The van der Waals surface area contributed by atoms with Gasteiger partial charge in [0.05, 0.1) is 11.5 Å². The zero-order valence-electron chi connectivity index (χ0n) is 8.39. The van der Waals surface area contributed by atoms with Gasteiger partial charge in [0.15, 0.2) is 0 Å².